The van der Waals surface area contributed by atoms with Crippen LogP contribution in [0.15, 0.2) is 59.5 Å². The summed E-state index contributed by atoms with van der Waals surface area (Å²) in [6.45, 7) is -0.0985. The molecular weight excluding hydrogens is 411 g/mol. The maximum atomic E-state index is 14.4. The summed E-state index contributed by atoms with van der Waals surface area (Å²) in [6, 6.07) is 12.8. The highest BCUT2D eigenvalue weighted by molar-refractivity contribution is 6.33. The van der Waals surface area contributed by atoms with Gasteiger partial charge in [-0.2, -0.15) is 4.98 Å². The second-order valence-corrected chi connectivity index (χ2v) is 6.80. The van der Waals surface area contributed by atoms with Crippen LogP contribution in [0.1, 0.15) is 5.56 Å². The molecule has 30 heavy (non-hydrogen) atoms. The third-order valence-corrected chi connectivity index (χ3v) is 4.80. The molecule has 2 aromatic heterocycles. The van der Waals surface area contributed by atoms with Gasteiger partial charge in [-0.05, 0) is 35.9 Å². The average molecular weight is 427 g/mol. The molecule has 2 aromatic carbocycles. The minimum absolute atomic E-state index is 0.0140. The van der Waals surface area contributed by atoms with Crippen LogP contribution in [0.2, 0.25) is 5.02 Å². The van der Waals surface area contributed by atoms with Gasteiger partial charge in [0.1, 0.15) is 12.9 Å². The lowest BCUT2D eigenvalue weighted by molar-refractivity contribution is 0.168. The van der Waals surface area contributed by atoms with Gasteiger partial charge in [-0.15, -0.1) is 4.73 Å². The molecule has 0 spiro atoms. The smallest absolute Gasteiger partial charge is 0.293 e. The van der Waals surface area contributed by atoms with E-state index >= 15 is 0 Å². The molecule has 9 heteroatoms. The standard InChI is InChI=1S/C21H16ClFN4O3/c1-30-27-19-13(9-15(20(27)29)18-16(22)6-3-7-17(18)23)10-24-21(26-19)25-14-5-2-4-12(8-14)11-28/h2-10,28H,11H2,1H3,(H,24,25,26). The molecule has 2 N–H and O–H groups in total. The largest absolute Gasteiger partial charge is 0.412 e. The maximum absolute atomic E-state index is 14.4. The lowest BCUT2D eigenvalue weighted by Gasteiger charge is -2.13. The number of hydrogen-bond acceptors (Lipinski definition) is 6. The summed E-state index contributed by atoms with van der Waals surface area (Å²) in [6.07, 6.45) is 1.49. The van der Waals surface area contributed by atoms with Gasteiger partial charge in [0.25, 0.3) is 5.56 Å². The second-order valence-electron chi connectivity index (χ2n) is 6.39. The van der Waals surface area contributed by atoms with Gasteiger partial charge in [0.15, 0.2) is 5.65 Å². The Morgan fingerprint density at radius 2 is 2.03 bits per heavy atom. The van der Waals surface area contributed by atoms with E-state index in [0.717, 1.165) is 10.3 Å². The zero-order valence-electron chi connectivity index (χ0n) is 15.8. The van der Waals surface area contributed by atoms with Crippen LogP contribution in [0.5, 0.6) is 0 Å². The Balaban J connectivity index is 1.84. The maximum Gasteiger partial charge on any atom is 0.293 e. The van der Waals surface area contributed by atoms with E-state index in [1.54, 1.807) is 24.3 Å². The Labute approximate surface area is 175 Å². The zero-order valence-corrected chi connectivity index (χ0v) is 16.5. The Hall–Kier alpha value is -3.49. The monoisotopic (exact) mass is 426 g/mol. The first-order chi connectivity index (χ1) is 14.5. The van der Waals surface area contributed by atoms with Crippen molar-refractivity contribution in [3.8, 4) is 11.1 Å². The predicted molar refractivity (Wildman–Crippen MR) is 112 cm³/mol. The van der Waals surface area contributed by atoms with Gasteiger partial charge < -0.3 is 15.3 Å². The van der Waals surface area contributed by atoms with Crippen molar-refractivity contribution in [1.82, 2.24) is 14.7 Å². The van der Waals surface area contributed by atoms with E-state index in [9.17, 15) is 14.3 Å². The van der Waals surface area contributed by atoms with Gasteiger partial charge in [-0.1, -0.05) is 29.8 Å². The zero-order chi connectivity index (χ0) is 21.3. The van der Waals surface area contributed by atoms with Crippen LogP contribution in [-0.4, -0.2) is 26.9 Å². The Morgan fingerprint density at radius 3 is 2.77 bits per heavy atom. The molecule has 0 bridgehead atoms. The number of hydrogen-bond donors (Lipinski definition) is 2. The van der Waals surface area contributed by atoms with Crippen molar-refractivity contribution in [2.75, 3.05) is 12.4 Å². The number of rotatable bonds is 5. The van der Waals surface area contributed by atoms with Gasteiger partial charge in [-0.25, -0.2) is 9.37 Å². The lowest BCUT2D eigenvalue weighted by Crippen LogP contribution is -2.27. The molecule has 0 aliphatic carbocycles. The summed E-state index contributed by atoms with van der Waals surface area (Å²) in [7, 11) is 1.31. The molecule has 152 valence electrons. The Morgan fingerprint density at radius 1 is 1.23 bits per heavy atom. The van der Waals surface area contributed by atoms with E-state index in [0.29, 0.717) is 11.1 Å². The lowest BCUT2D eigenvalue weighted by atomic mass is 10.1. The second kappa shape index (κ2) is 8.10. The van der Waals surface area contributed by atoms with Crippen LogP contribution in [0.25, 0.3) is 22.2 Å². The van der Waals surface area contributed by atoms with Crippen molar-refractivity contribution in [2.24, 2.45) is 0 Å². The number of aliphatic hydroxyl groups is 1. The molecule has 0 saturated heterocycles. The first-order valence-corrected chi connectivity index (χ1v) is 9.28. The highest BCUT2D eigenvalue weighted by Crippen LogP contribution is 2.30. The van der Waals surface area contributed by atoms with Crippen LogP contribution in [0, 0.1) is 5.82 Å². The van der Waals surface area contributed by atoms with Crippen LogP contribution >= 0.6 is 11.6 Å². The molecule has 0 aliphatic rings. The topological polar surface area (TPSA) is 89.3 Å². The SMILES string of the molecule is COn1c(=O)c(-c2c(F)cccc2Cl)cc2cnc(Nc3cccc(CO)c3)nc21. The fourth-order valence-corrected chi connectivity index (χ4v) is 3.37. The average Bonchev–Trinajstić information content (AvgIpc) is 2.74. The van der Waals surface area contributed by atoms with Gasteiger partial charge in [-0.3, -0.25) is 4.79 Å². The fourth-order valence-electron chi connectivity index (χ4n) is 3.11. The van der Waals surface area contributed by atoms with Crippen molar-refractivity contribution in [3.05, 3.63) is 81.5 Å². The van der Waals surface area contributed by atoms with E-state index in [1.807, 2.05) is 0 Å². The van der Waals surface area contributed by atoms with Crippen molar-refractivity contribution in [3.63, 3.8) is 0 Å². The van der Waals surface area contributed by atoms with Crippen LogP contribution < -0.4 is 15.7 Å². The number of aromatic nitrogens is 3. The van der Waals surface area contributed by atoms with Crippen molar-refractivity contribution in [1.29, 1.82) is 0 Å². The minimum atomic E-state index is -0.621. The molecule has 0 aliphatic heterocycles. The Kier molecular flexibility index (Phi) is 5.35. The van der Waals surface area contributed by atoms with E-state index in [2.05, 4.69) is 15.3 Å². The molecule has 0 saturated carbocycles. The van der Waals surface area contributed by atoms with Crippen molar-refractivity contribution >= 4 is 34.3 Å². The molecule has 0 atom stereocenters. The van der Waals surface area contributed by atoms with E-state index in [1.165, 1.54) is 37.6 Å². The highest BCUT2D eigenvalue weighted by Gasteiger charge is 2.18. The van der Waals surface area contributed by atoms with Crippen LogP contribution in [0.3, 0.4) is 0 Å². The van der Waals surface area contributed by atoms with Gasteiger partial charge in [0, 0.05) is 22.8 Å². The summed E-state index contributed by atoms with van der Waals surface area (Å²) in [4.78, 5) is 26.8. The van der Waals surface area contributed by atoms with Gasteiger partial charge >= 0.3 is 0 Å². The third kappa shape index (κ3) is 3.58. The normalized spacial score (nSPS) is 10.9. The quantitative estimate of drug-likeness (QED) is 0.507. The van der Waals surface area contributed by atoms with Crippen molar-refractivity contribution < 1.29 is 14.3 Å². The molecular formula is C21H16ClFN4O3. The van der Waals surface area contributed by atoms with E-state index in [4.69, 9.17) is 16.4 Å². The molecule has 4 aromatic rings. The van der Waals surface area contributed by atoms with Gasteiger partial charge in [0.2, 0.25) is 5.95 Å². The molecule has 0 radical (unpaired) electrons. The fraction of sp³-hybridized carbons (Fsp3) is 0.0952. The van der Waals surface area contributed by atoms with E-state index in [-0.39, 0.29) is 34.4 Å². The first kappa shape index (κ1) is 19.8. The number of nitrogens with one attached hydrogen (secondary N) is 1. The number of halogens is 2. The van der Waals surface area contributed by atoms with Crippen LogP contribution in [-0.2, 0) is 6.61 Å². The first-order valence-electron chi connectivity index (χ1n) is 8.90. The molecule has 0 amide bonds. The number of pyridine rings is 1. The summed E-state index contributed by atoms with van der Waals surface area (Å²) in [5.74, 6) is -0.399. The minimum Gasteiger partial charge on any atom is -0.412 e. The molecule has 0 unspecified atom stereocenters. The number of nitrogens with zero attached hydrogens (tertiary/aromatic N) is 3. The summed E-state index contributed by atoms with van der Waals surface area (Å²) >= 11 is 6.13. The molecule has 7 nitrogen and oxygen atoms in total. The van der Waals surface area contributed by atoms with Crippen LogP contribution in [0.4, 0.5) is 16.0 Å². The summed E-state index contributed by atoms with van der Waals surface area (Å²) in [5, 5.41) is 12.9. The molecule has 0 fully saturated rings. The number of aliphatic hydroxyl groups excluding tert-OH is 1. The summed E-state index contributed by atoms with van der Waals surface area (Å²) in [5.41, 5.74) is 1.01. The highest BCUT2D eigenvalue weighted by atomic mass is 35.5. The third-order valence-electron chi connectivity index (χ3n) is 4.48. The van der Waals surface area contributed by atoms with E-state index < -0.39 is 11.4 Å². The number of fused-ring (bicyclic) bond motifs is 1. The van der Waals surface area contributed by atoms with Gasteiger partial charge in [0.05, 0.1) is 17.2 Å². The predicted octanol–water partition coefficient (Wildman–Crippen LogP) is 3.55. The Bertz CT molecular complexity index is 1290. The van der Waals surface area contributed by atoms with Crippen molar-refractivity contribution in [2.45, 2.75) is 6.61 Å². The number of benzene rings is 2. The molecule has 4 rings (SSSR count). The number of anilines is 2. The summed E-state index contributed by atoms with van der Waals surface area (Å²) < 4.78 is 15.4. The molecule has 2 heterocycles.